The van der Waals surface area contributed by atoms with Crippen LogP contribution in [0.15, 0.2) is 29.0 Å². The molecule has 0 saturated heterocycles. The van der Waals surface area contributed by atoms with Gasteiger partial charge in [0.05, 0.1) is 14.2 Å². The van der Waals surface area contributed by atoms with Gasteiger partial charge in [0.15, 0.2) is 11.5 Å². The highest BCUT2D eigenvalue weighted by atomic mass is 32.1. The summed E-state index contributed by atoms with van der Waals surface area (Å²) in [4.78, 5) is 3.11. The van der Waals surface area contributed by atoms with Crippen LogP contribution in [0.1, 0.15) is 42.9 Å². The smallest absolute Gasteiger partial charge is 0.161 e. The van der Waals surface area contributed by atoms with Crippen LogP contribution in [-0.4, -0.2) is 36.2 Å². The number of thiocarbonyl (C=S) groups is 1. The number of thiophene rings is 1. The maximum absolute atomic E-state index is 6.57. The second-order valence-electron chi connectivity index (χ2n) is 7.48. The number of hydrogen-bond donors (Lipinski definition) is 1. The Kier molecular flexibility index (Phi) is 6.40. The molecule has 0 amide bonds. The van der Waals surface area contributed by atoms with Crippen LogP contribution in [0.3, 0.4) is 0 Å². The largest absolute Gasteiger partial charge is 0.493 e. The van der Waals surface area contributed by atoms with Crippen molar-refractivity contribution in [1.82, 2.24) is 4.90 Å². The van der Waals surface area contributed by atoms with E-state index >= 15 is 0 Å². The summed E-state index contributed by atoms with van der Waals surface area (Å²) in [6.07, 6.45) is 4.14. The highest BCUT2D eigenvalue weighted by Crippen LogP contribution is 2.35. The molecule has 2 aromatic rings. The summed E-state index contributed by atoms with van der Waals surface area (Å²) < 4.78 is 10.8. The van der Waals surface area contributed by atoms with Crippen LogP contribution in [-0.2, 0) is 13.0 Å². The van der Waals surface area contributed by atoms with Crippen LogP contribution >= 0.6 is 23.6 Å². The Bertz CT molecular complexity index is 788. The monoisotopic (exact) mass is 404 g/mol. The molecule has 0 saturated carbocycles. The lowest BCUT2D eigenvalue weighted by Crippen LogP contribution is -2.40. The maximum atomic E-state index is 6.57. The highest BCUT2D eigenvalue weighted by Gasteiger charge is 2.28. The van der Waals surface area contributed by atoms with Crippen molar-refractivity contribution in [3.63, 3.8) is 0 Å². The summed E-state index contributed by atoms with van der Waals surface area (Å²) in [5.41, 5.74) is 10.1. The lowest BCUT2D eigenvalue weighted by molar-refractivity contribution is 0.325. The zero-order chi connectivity index (χ0) is 19.4. The molecule has 27 heavy (non-hydrogen) atoms. The summed E-state index contributed by atoms with van der Waals surface area (Å²) in [6.45, 7) is 3.82. The molecule has 0 fully saturated rings. The molecule has 2 N–H and O–H groups in total. The second kappa shape index (κ2) is 8.59. The molecule has 0 radical (unpaired) electrons. The van der Waals surface area contributed by atoms with E-state index in [1.165, 1.54) is 11.1 Å². The molecule has 3 rings (SSSR count). The standard InChI is InChI=1S/C21H28N2O2S2/c1-21(22,7-4-5-15-6-10-27-14-15)8-9-23-13-16-11-18(24-2)19(25-3)12-17(16)20(23)26/h6,10-12,14H,4-5,7-9,13,22H2,1-3H3. The minimum absolute atomic E-state index is 0.185. The molecule has 4 nitrogen and oxygen atoms in total. The van der Waals surface area contributed by atoms with Gasteiger partial charge < -0.3 is 20.1 Å². The predicted molar refractivity (Wildman–Crippen MR) is 116 cm³/mol. The maximum Gasteiger partial charge on any atom is 0.161 e. The fourth-order valence-corrected chi connectivity index (χ4v) is 4.57. The van der Waals surface area contributed by atoms with Crippen LogP contribution in [0, 0.1) is 0 Å². The molecule has 0 spiro atoms. The minimum atomic E-state index is -0.185. The number of methoxy groups -OCH3 is 2. The number of ether oxygens (including phenoxy) is 2. The minimum Gasteiger partial charge on any atom is -0.493 e. The van der Waals surface area contributed by atoms with Crippen LogP contribution in [0.25, 0.3) is 0 Å². The van der Waals surface area contributed by atoms with Crippen molar-refractivity contribution in [3.8, 4) is 11.5 Å². The summed E-state index contributed by atoms with van der Waals surface area (Å²) in [5, 5.41) is 4.35. The normalized spacial score (nSPS) is 15.6. The van der Waals surface area contributed by atoms with Gasteiger partial charge in [-0.1, -0.05) is 12.2 Å². The molecule has 1 atom stereocenters. The van der Waals surface area contributed by atoms with Crippen molar-refractivity contribution < 1.29 is 9.47 Å². The molecule has 6 heteroatoms. The van der Waals surface area contributed by atoms with Gasteiger partial charge in [0.1, 0.15) is 4.99 Å². The van der Waals surface area contributed by atoms with E-state index in [1.807, 2.05) is 12.1 Å². The van der Waals surface area contributed by atoms with Crippen LogP contribution in [0.5, 0.6) is 11.5 Å². The lowest BCUT2D eigenvalue weighted by Gasteiger charge is -2.28. The third kappa shape index (κ3) is 4.81. The third-order valence-electron chi connectivity index (χ3n) is 5.23. The molecule has 2 heterocycles. The van der Waals surface area contributed by atoms with E-state index in [2.05, 4.69) is 28.7 Å². The Hall–Kier alpha value is -1.63. The Morgan fingerprint density at radius 1 is 1.22 bits per heavy atom. The number of hydrogen-bond acceptors (Lipinski definition) is 5. The van der Waals surface area contributed by atoms with Gasteiger partial charge in [-0.25, -0.2) is 0 Å². The first-order chi connectivity index (χ1) is 12.9. The number of nitrogens with two attached hydrogens (primary N) is 1. The van der Waals surface area contributed by atoms with E-state index in [9.17, 15) is 0 Å². The topological polar surface area (TPSA) is 47.7 Å². The van der Waals surface area contributed by atoms with Crippen molar-refractivity contribution in [2.45, 2.75) is 44.7 Å². The molecular weight excluding hydrogens is 376 g/mol. The SMILES string of the molecule is COc1cc2c(cc1OC)C(=S)N(CCC(C)(N)CCCc1ccsc1)C2. The predicted octanol–water partition coefficient (Wildman–Crippen LogP) is 4.39. The molecule has 146 valence electrons. The van der Waals surface area contributed by atoms with E-state index in [0.717, 1.165) is 60.8 Å². The fourth-order valence-electron chi connectivity index (χ4n) is 3.53. The summed E-state index contributed by atoms with van der Waals surface area (Å²) in [6, 6.07) is 6.21. The Morgan fingerprint density at radius 3 is 2.63 bits per heavy atom. The summed E-state index contributed by atoms with van der Waals surface area (Å²) in [7, 11) is 3.31. The Balaban J connectivity index is 1.55. The van der Waals surface area contributed by atoms with Crippen LogP contribution in [0.4, 0.5) is 0 Å². The van der Waals surface area contributed by atoms with Crippen molar-refractivity contribution in [2.24, 2.45) is 5.73 Å². The Morgan fingerprint density at radius 2 is 1.96 bits per heavy atom. The number of aryl methyl sites for hydroxylation is 1. The van der Waals surface area contributed by atoms with Gasteiger partial charge in [-0.15, -0.1) is 0 Å². The number of nitrogens with zero attached hydrogens (tertiary/aromatic N) is 1. The first-order valence-corrected chi connectivity index (χ1v) is 10.6. The van der Waals surface area contributed by atoms with Gasteiger partial charge in [0, 0.05) is 24.2 Å². The van der Waals surface area contributed by atoms with E-state index in [1.54, 1.807) is 25.6 Å². The van der Waals surface area contributed by atoms with Crippen molar-refractivity contribution >= 4 is 28.5 Å². The van der Waals surface area contributed by atoms with Crippen molar-refractivity contribution in [2.75, 3.05) is 20.8 Å². The number of rotatable bonds is 9. The zero-order valence-corrected chi connectivity index (χ0v) is 17.9. The Labute approximate surface area is 171 Å². The first-order valence-electron chi connectivity index (χ1n) is 9.27. The molecule has 0 bridgehead atoms. The summed E-state index contributed by atoms with van der Waals surface area (Å²) in [5.74, 6) is 1.47. The van der Waals surface area contributed by atoms with Gasteiger partial charge in [-0.3, -0.25) is 0 Å². The molecular formula is C21H28N2O2S2. The van der Waals surface area contributed by atoms with Gasteiger partial charge in [-0.05, 0) is 72.7 Å². The molecule has 0 aliphatic carbocycles. The summed E-state index contributed by atoms with van der Waals surface area (Å²) >= 11 is 7.46. The third-order valence-corrected chi connectivity index (χ3v) is 6.44. The lowest BCUT2D eigenvalue weighted by atomic mass is 9.91. The van der Waals surface area contributed by atoms with Crippen molar-refractivity contribution in [3.05, 3.63) is 45.6 Å². The second-order valence-corrected chi connectivity index (χ2v) is 8.65. The average Bonchev–Trinajstić information content (AvgIpc) is 3.27. The van der Waals surface area contributed by atoms with E-state index in [4.69, 9.17) is 27.4 Å². The van der Waals surface area contributed by atoms with Crippen LogP contribution in [0.2, 0.25) is 0 Å². The molecule has 1 aliphatic rings. The van der Waals surface area contributed by atoms with Gasteiger partial charge in [-0.2, -0.15) is 11.3 Å². The van der Waals surface area contributed by atoms with E-state index in [-0.39, 0.29) is 5.54 Å². The molecule has 1 aromatic carbocycles. The first kappa shape index (κ1) is 20.1. The van der Waals surface area contributed by atoms with Gasteiger partial charge in [0.25, 0.3) is 0 Å². The van der Waals surface area contributed by atoms with Gasteiger partial charge in [0.2, 0.25) is 0 Å². The molecule has 1 unspecified atom stereocenters. The van der Waals surface area contributed by atoms with E-state index in [0.29, 0.717) is 0 Å². The van der Waals surface area contributed by atoms with Crippen LogP contribution < -0.4 is 15.2 Å². The fraction of sp³-hybridized carbons (Fsp3) is 0.476. The number of benzene rings is 1. The van der Waals surface area contributed by atoms with E-state index < -0.39 is 0 Å². The highest BCUT2D eigenvalue weighted by molar-refractivity contribution is 7.80. The van der Waals surface area contributed by atoms with Crippen molar-refractivity contribution in [1.29, 1.82) is 0 Å². The molecule has 1 aromatic heterocycles. The molecule has 1 aliphatic heterocycles. The number of fused-ring (bicyclic) bond motifs is 1. The van der Waals surface area contributed by atoms with Gasteiger partial charge >= 0.3 is 0 Å². The quantitative estimate of drug-likeness (QED) is 0.628. The zero-order valence-electron chi connectivity index (χ0n) is 16.3. The average molecular weight is 405 g/mol.